The lowest BCUT2D eigenvalue weighted by molar-refractivity contribution is -0.0584. The van der Waals surface area contributed by atoms with E-state index < -0.39 is 23.1 Å². The maximum absolute atomic E-state index is 13.0. The Labute approximate surface area is 169 Å². The Morgan fingerprint density at radius 2 is 1.18 bits per heavy atom. The zero-order valence-electron chi connectivity index (χ0n) is 17.8. The molecule has 154 valence electrons. The van der Waals surface area contributed by atoms with Crippen LogP contribution < -0.4 is 0 Å². The molecule has 2 aliphatic carbocycles. The second-order valence-corrected chi connectivity index (χ2v) is 9.24. The lowest BCUT2D eigenvalue weighted by Gasteiger charge is -2.39. The molecule has 2 saturated carbocycles. The summed E-state index contributed by atoms with van der Waals surface area (Å²) in [6, 6.07) is 6.88. The van der Waals surface area contributed by atoms with E-state index in [9.17, 15) is 9.59 Å². The molecule has 4 nitrogen and oxygen atoms in total. The Bertz CT molecular complexity index is 666. The van der Waals surface area contributed by atoms with Crippen LogP contribution >= 0.6 is 0 Å². The van der Waals surface area contributed by atoms with Crippen molar-refractivity contribution in [2.45, 2.75) is 90.3 Å². The lowest BCUT2D eigenvalue weighted by Crippen LogP contribution is -2.42. The third kappa shape index (κ3) is 4.26. The van der Waals surface area contributed by atoms with Crippen LogP contribution in [0.4, 0.5) is 0 Å². The predicted molar refractivity (Wildman–Crippen MR) is 109 cm³/mol. The summed E-state index contributed by atoms with van der Waals surface area (Å²) in [5.74, 6) is -0.228. The summed E-state index contributed by atoms with van der Waals surface area (Å²) in [7, 11) is 0. The molecular weight excluding hydrogens is 352 g/mol. The van der Waals surface area contributed by atoms with Crippen molar-refractivity contribution in [2.24, 2.45) is 11.8 Å². The van der Waals surface area contributed by atoms with Crippen molar-refractivity contribution in [3.8, 4) is 0 Å². The maximum atomic E-state index is 13.0. The van der Waals surface area contributed by atoms with E-state index in [2.05, 4.69) is 13.8 Å². The molecule has 4 unspecified atom stereocenters. The van der Waals surface area contributed by atoms with Crippen LogP contribution in [-0.4, -0.2) is 23.1 Å². The fraction of sp³-hybridized carbons (Fsp3) is 0.667. The largest absolute Gasteiger partial charge is 0.455 e. The molecule has 0 amide bonds. The zero-order valence-corrected chi connectivity index (χ0v) is 17.8. The summed E-state index contributed by atoms with van der Waals surface area (Å²) in [4.78, 5) is 26.0. The normalized spacial score (nSPS) is 33.1. The van der Waals surface area contributed by atoms with E-state index in [1.807, 2.05) is 13.8 Å². The van der Waals surface area contributed by atoms with Gasteiger partial charge in [-0.1, -0.05) is 38.8 Å². The first kappa shape index (κ1) is 20.9. The number of carbonyl (C=O) groups is 2. The highest BCUT2D eigenvalue weighted by molar-refractivity contribution is 6.03. The Morgan fingerprint density at radius 1 is 0.786 bits per heavy atom. The van der Waals surface area contributed by atoms with Gasteiger partial charge in [0.25, 0.3) is 0 Å². The molecule has 0 aliphatic heterocycles. The van der Waals surface area contributed by atoms with Crippen LogP contribution in [0.5, 0.6) is 0 Å². The van der Waals surface area contributed by atoms with Gasteiger partial charge in [-0.25, -0.2) is 9.59 Å². The van der Waals surface area contributed by atoms with Crippen molar-refractivity contribution in [1.82, 2.24) is 0 Å². The van der Waals surface area contributed by atoms with E-state index in [0.29, 0.717) is 23.0 Å². The number of rotatable bonds is 4. The standard InChI is InChI=1S/C24H34O4/c1-17-11-7-9-15-23(17,3)27-21(25)19-13-5-6-14-20(19)22(26)28-24(4)16-10-8-12-18(24)2/h5-6,13-14,17-18H,7-12,15-16H2,1-4H3. The van der Waals surface area contributed by atoms with Crippen LogP contribution in [0.1, 0.15) is 99.8 Å². The summed E-state index contributed by atoms with van der Waals surface area (Å²) in [5.41, 5.74) is -0.344. The number of ether oxygens (including phenoxy) is 2. The maximum Gasteiger partial charge on any atom is 0.339 e. The predicted octanol–water partition coefficient (Wildman–Crippen LogP) is 5.94. The Hall–Kier alpha value is -1.84. The molecule has 1 aromatic rings. The van der Waals surface area contributed by atoms with Gasteiger partial charge in [0, 0.05) is 0 Å². The Kier molecular flexibility index (Phi) is 6.16. The fourth-order valence-corrected chi connectivity index (χ4v) is 4.63. The minimum absolute atomic E-state index is 0.304. The number of benzene rings is 1. The van der Waals surface area contributed by atoms with Crippen molar-refractivity contribution in [3.05, 3.63) is 35.4 Å². The molecule has 0 bridgehead atoms. The first-order valence-electron chi connectivity index (χ1n) is 10.8. The first-order valence-corrected chi connectivity index (χ1v) is 10.8. The van der Waals surface area contributed by atoms with Crippen molar-refractivity contribution in [2.75, 3.05) is 0 Å². The van der Waals surface area contributed by atoms with Crippen LogP contribution in [0.15, 0.2) is 24.3 Å². The van der Waals surface area contributed by atoms with Crippen LogP contribution in [0.2, 0.25) is 0 Å². The van der Waals surface area contributed by atoms with Crippen LogP contribution in [0.25, 0.3) is 0 Å². The van der Waals surface area contributed by atoms with E-state index in [4.69, 9.17) is 9.47 Å². The molecule has 0 spiro atoms. The topological polar surface area (TPSA) is 52.6 Å². The fourth-order valence-electron chi connectivity index (χ4n) is 4.63. The van der Waals surface area contributed by atoms with E-state index in [-0.39, 0.29) is 0 Å². The van der Waals surface area contributed by atoms with E-state index in [1.165, 1.54) is 12.8 Å². The van der Waals surface area contributed by atoms with Gasteiger partial charge in [0.15, 0.2) is 0 Å². The summed E-state index contributed by atoms with van der Waals surface area (Å²) in [6.07, 6.45) is 8.32. The van der Waals surface area contributed by atoms with Crippen LogP contribution in [-0.2, 0) is 9.47 Å². The van der Waals surface area contributed by atoms with Gasteiger partial charge in [0.05, 0.1) is 11.1 Å². The average Bonchev–Trinajstić information content (AvgIpc) is 2.66. The summed E-state index contributed by atoms with van der Waals surface area (Å²) in [5, 5.41) is 0. The summed E-state index contributed by atoms with van der Waals surface area (Å²) in [6.45, 7) is 8.30. The van der Waals surface area contributed by atoms with Crippen LogP contribution in [0, 0.1) is 11.8 Å². The molecule has 0 N–H and O–H groups in total. The highest BCUT2D eigenvalue weighted by Crippen LogP contribution is 2.38. The second-order valence-electron chi connectivity index (χ2n) is 9.24. The summed E-state index contributed by atoms with van der Waals surface area (Å²) >= 11 is 0. The van der Waals surface area contributed by atoms with Gasteiger partial charge in [-0.2, -0.15) is 0 Å². The third-order valence-electron chi connectivity index (χ3n) is 7.22. The van der Waals surface area contributed by atoms with Gasteiger partial charge in [-0.3, -0.25) is 0 Å². The third-order valence-corrected chi connectivity index (χ3v) is 7.22. The van der Waals surface area contributed by atoms with E-state index in [1.54, 1.807) is 24.3 Å². The number of hydrogen-bond acceptors (Lipinski definition) is 4. The number of hydrogen-bond donors (Lipinski definition) is 0. The highest BCUT2D eigenvalue weighted by atomic mass is 16.6. The van der Waals surface area contributed by atoms with Gasteiger partial charge >= 0.3 is 11.9 Å². The monoisotopic (exact) mass is 386 g/mol. The van der Waals surface area contributed by atoms with Gasteiger partial charge in [-0.15, -0.1) is 0 Å². The molecule has 0 saturated heterocycles. The number of esters is 2. The molecule has 0 radical (unpaired) electrons. The molecule has 0 aromatic heterocycles. The Morgan fingerprint density at radius 3 is 1.54 bits per heavy atom. The van der Waals surface area contributed by atoms with Gasteiger partial charge in [0.2, 0.25) is 0 Å². The molecule has 4 atom stereocenters. The SMILES string of the molecule is CC1CCCCC1(C)OC(=O)c1ccccc1C(=O)OC1(C)CCCCC1C. The molecule has 1 aromatic carbocycles. The highest BCUT2D eigenvalue weighted by Gasteiger charge is 2.40. The first-order chi connectivity index (χ1) is 13.3. The molecule has 0 heterocycles. The van der Waals surface area contributed by atoms with Crippen molar-refractivity contribution in [1.29, 1.82) is 0 Å². The Balaban J connectivity index is 1.78. The molecule has 28 heavy (non-hydrogen) atoms. The van der Waals surface area contributed by atoms with E-state index in [0.717, 1.165) is 38.5 Å². The average molecular weight is 387 g/mol. The van der Waals surface area contributed by atoms with Crippen LogP contribution in [0.3, 0.4) is 0 Å². The van der Waals surface area contributed by atoms with Gasteiger partial charge in [-0.05, 0) is 76.3 Å². The quantitative estimate of drug-likeness (QED) is 0.601. The molecule has 2 fully saturated rings. The summed E-state index contributed by atoms with van der Waals surface area (Å²) < 4.78 is 11.9. The van der Waals surface area contributed by atoms with Gasteiger partial charge < -0.3 is 9.47 Å². The van der Waals surface area contributed by atoms with E-state index >= 15 is 0 Å². The van der Waals surface area contributed by atoms with Crippen molar-refractivity contribution < 1.29 is 19.1 Å². The van der Waals surface area contributed by atoms with Gasteiger partial charge in [0.1, 0.15) is 11.2 Å². The molecule has 3 rings (SSSR count). The smallest absolute Gasteiger partial charge is 0.339 e. The molecule has 4 heteroatoms. The second kappa shape index (κ2) is 8.26. The number of carbonyl (C=O) groups excluding carboxylic acids is 2. The zero-order chi connectivity index (χ0) is 20.4. The minimum atomic E-state index is -0.476. The lowest BCUT2D eigenvalue weighted by atomic mass is 9.77. The minimum Gasteiger partial charge on any atom is -0.455 e. The van der Waals surface area contributed by atoms with Crippen molar-refractivity contribution in [3.63, 3.8) is 0 Å². The van der Waals surface area contributed by atoms with Crippen molar-refractivity contribution >= 4 is 11.9 Å². The molecule has 2 aliphatic rings. The molecular formula is C24H34O4.